The first-order valence-corrected chi connectivity index (χ1v) is 7.20. The third-order valence-electron chi connectivity index (χ3n) is 2.72. The van der Waals surface area contributed by atoms with Crippen LogP contribution in [-0.4, -0.2) is 28.6 Å². The summed E-state index contributed by atoms with van der Waals surface area (Å²) in [6.45, 7) is 11.2. The first-order chi connectivity index (χ1) is 8.38. The van der Waals surface area contributed by atoms with Crippen LogP contribution in [0.1, 0.15) is 62.3 Å². The molecule has 0 radical (unpaired) electrons. The van der Waals surface area contributed by atoms with Gasteiger partial charge in [-0.1, -0.05) is 32.1 Å². The average molecular weight is 270 g/mol. The first-order valence-electron chi connectivity index (χ1n) is 6.39. The van der Waals surface area contributed by atoms with E-state index in [-0.39, 0.29) is 5.92 Å². The Morgan fingerprint density at radius 1 is 1.39 bits per heavy atom. The quantitative estimate of drug-likeness (QED) is 0.858. The number of thiazole rings is 1. The molecule has 0 aliphatic heterocycles. The SMILES string of the molecule is CCCN(c1nc(C(C)C)c(C(=O)O)s1)C(C)C. The Hall–Kier alpha value is -1.10. The van der Waals surface area contributed by atoms with E-state index < -0.39 is 5.97 Å². The maximum absolute atomic E-state index is 11.2. The van der Waals surface area contributed by atoms with Gasteiger partial charge in [-0.25, -0.2) is 9.78 Å². The lowest BCUT2D eigenvalue weighted by Gasteiger charge is -2.25. The molecule has 102 valence electrons. The molecule has 1 rings (SSSR count). The summed E-state index contributed by atoms with van der Waals surface area (Å²) in [6, 6.07) is 0.331. The molecule has 0 aliphatic carbocycles. The lowest BCUT2D eigenvalue weighted by atomic mass is 10.1. The van der Waals surface area contributed by atoms with Crippen LogP contribution in [0.25, 0.3) is 0 Å². The van der Waals surface area contributed by atoms with Gasteiger partial charge < -0.3 is 10.0 Å². The van der Waals surface area contributed by atoms with Crippen LogP contribution in [0.3, 0.4) is 0 Å². The van der Waals surface area contributed by atoms with Crippen molar-refractivity contribution < 1.29 is 9.90 Å². The van der Waals surface area contributed by atoms with Crippen LogP contribution in [0.15, 0.2) is 0 Å². The second-order valence-electron chi connectivity index (χ2n) is 4.96. The fourth-order valence-electron chi connectivity index (χ4n) is 1.80. The number of aromatic carboxylic acids is 1. The molecule has 0 saturated carbocycles. The largest absolute Gasteiger partial charge is 0.477 e. The highest BCUT2D eigenvalue weighted by molar-refractivity contribution is 7.17. The molecular formula is C13H22N2O2S. The number of hydrogen-bond donors (Lipinski definition) is 1. The van der Waals surface area contributed by atoms with Gasteiger partial charge in [0, 0.05) is 12.6 Å². The zero-order valence-corrected chi connectivity index (χ0v) is 12.5. The van der Waals surface area contributed by atoms with Crippen molar-refractivity contribution in [3.05, 3.63) is 10.6 Å². The molecule has 1 aromatic rings. The summed E-state index contributed by atoms with van der Waals surface area (Å²) in [7, 11) is 0. The first kappa shape index (κ1) is 15.0. The maximum atomic E-state index is 11.2. The fourth-order valence-corrected chi connectivity index (χ4v) is 3.02. The van der Waals surface area contributed by atoms with Gasteiger partial charge in [-0.05, 0) is 26.2 Å². The van der Waals surface area contributed by atoms with Gasteiger partial charge in [0.05, 0.1) is 5.69 Å². The summed E-state index contributed by atoms with van der Waals surface area (Å²) < 4.78 is 0. The van der Waals surface area contributed by atoms with Crippen LogP contribution >= 0.6 is 11.3 Å². The summed E-state index contributed by atoms with van der Waals surface area (Å²) in [5.74, 6) is -0.737. The summed E-state index contributed by atoms with van der Waals surface area (Å²) in [5, 5.41) is 10.1. The van der Waals surface area contributed by atoms with Crippen molar-refractivity contribution >= 4 is 22.4 Å². The molecule has 0 unspecified atom stereocenters. The van der Waals surface area contributed by atoms with Crippen molar-refractivity contribution in [2.24, 2.45) is 0 Å². The van der Waals surface area contributed by atoms with E-state index in [1.54, 1.807) is 0 Å². The summed E-state index contributed by atoms with van der Waals surface area (Å²) in [4.78, 5) is 18.3. The van der Waals surface area contributed by atoms with Gasteiger partial charge in [0.15, 0.2) is 5.13 Å². The number of rotatable bonds is 6. The highest BCUT2D eigenvalue weighted by atomic mass is 32.1. The minimum absolute atomic E-state index is 0.136. The van der Waals surface area contributed by atoms with Gasteiger partial charge in [-0.2, -0.15) is 0 Å². The van der Waals surface area contributed by atoms with E-state index in [1.807, 2.05) is 13.8 Å². The molecule has 1 N–H and O–H groups in total. The van der Waals surface area contributed by atoms with E-state index >= 15 is 0 Å². The van der Waals surface area contributed by atoms with E-state index in [1.165, 1.54) is 11.3 Å². The van der Waals surface area contributed by atoms with Crippen molar-refractivity contribution in [2.45, 2.75) is 53.0 Å². The number of carbonyl (C=O) groups is 1. The molecule has 18 heavy (non-hydrogen) atoms. The van der Waals surface area contributed by atoms with Gasteiger partial charge in [0.1, 0.15) is 4.88 Å². The van der Waals surface area contributed by atoms with E-state index in [4.69, 9.17) is 0 Å². The van der Waals surface area contributed by atoms with Crippen LogP contribution in [0, 0.1) is 0 Å². The standard InChI is InChI=1S/C13H22N2O2S/c1-6-7-15(9(4)5)13-14-10(8(2)3)11(18-13)12(16)17/h8-9H,6-7H2,1-5H3,(H,16,17). The second-order valence-corrected chi connectivity index (χ2v) is 5.94. The summed E-state index contributed by atoms with van der Waals surface area (Å²) in [5.41, 5.74) is 0.698. The zero-order chi connectivity index (χ0) is 13.9. The predicted octanol–water partition coefficient (Wildman–Crippen LogP) is 3.59. The van der Waals surface area contributed by atoms with E-state index in [0.717, 1.165) is 18.1 Å². The summed E-state index contributed by atoms with van der Waals surface area (Å²) >= 11 is 1.29. The normalized spacial score (nSPS) is 11.3. The van der Waals surface area contributed by atoms with Gasteiger partial charge >= 0.3 is 5.97 Å². The number of carboxylic acids is 1. The molecular weight excluding hydrogens is 248 g/mol. The molecule has 0 atom stereocenters. The highest BCUT2D eigenvalue weighted by Crippen LogP contribution is 2.31. The van der Waals surface area contributed by atoms with Crippen molar-refractivity contribution in [2.75, 3.05) is 11.4 Å². The predicted molar refractivity (Wildman–Crippen MR) is 75.9 cm³/mol. The Balaban J connectivity index is 3.16. The second kappa shape index (κ2) is 6.18. The molecule has 0 amide bonds. The van der Waals surface area contributed by atoms with Crippen LogP contribution in [0.2, 0.25) is 0 Å². The Morgan fingerprint density at radius 3 is 2.33 bits per heavy atom. The number of anilines is 1. The number of nitrogens with zero attached hydrogens (tertiary/aromatic N) is 2. The Kier molecular flexibility index (Phi) is 5.14. The highest BCUT2D eigenvalue weighted by Gasteiger charge is 2.23. The van der Waals surface area contributed by atoms with Crippen molar-refractivity contribution in [3.8, 4) is 0 Å². The molecule has 0 bridgehead atoms. The molecule has 1 heterocycles. The molecule has 0 aliphatic rings. The molecule has 5 heteroatoms. The number of hydrogen-bond acceptors (Lipinski definition) is 4. The topological polar surface area (TPSA) is 53.4 Å². The average Bonchev–Trinajstić information content (AvgIpc) is 2.70. The van der Waals surface area contributed by atoms with Gasteiger partial charge in [-0.3, -0.25) is 0 Å². The smallest absolute Gasteiger partial charge is 0.347 e. The minimum Gasteiger partial charge on any atom is -0.477 e. The minimum atomic E-state index is -0.873. The molecule has 0 saturated heterocycles. The lowest BCUT2D eigenvalue weighted by Crippen LogP contribution is -2.31. The molecule has 0 aromatic carbocycles. The van der Waals surface area contributed by atoms with Crippen molar-refractivity contribution in [1.82, 2.24) is 4.98 Å². The van der Waals surface area contributed by atoms with Crippen molar-refractivity contribution in [3.63, 3.8) is 0 Å². The Morgan fingerprint density at radius 2 is 2.00 bits per heavy atom. The number of aromatic nitrogens is 1. The van der Waals surface area contributed by atoms with Gasteiger partial charge in [0.2, 0.25) is 0 Å². The van der Waals surface area contributed by atoms with E-state index in [0.29, 0.717) is 16.6 Å². The van der Waals surface area contributed by atoms with Gasteiger partial charge in [0.25, 0.3) is 0 Å². The summed E-state index contributed by atoms with van der Waals surface area (Å²) in [6.07, 6.45) is 1.02. The van der Waals surface area contributed by atoms with E-state index in [2.05, 4.69) is 30.7 Å². The monoisotopic (exact) mass is 270 g/mol. The molecule has 0 spiro atoms. The van der Waals surface area contributed by atoms with Crippen LogP contribution in [0.4, 0.5) is 5.13 Å². The third-order valence-corrected chi connectivity index (χ3v) is 3.81. The molecule has 1 aromatic heterocycles. The van der Waals surface area contributed by atoms with E-state index in [9.17, 15) is 9.90 Å². The van der Waals surface area contributed by atoms with Crippen molar-refractivity contribution in [1.29, 1.82) is 0 Å². The van der Waals surface area contributed by atoms with Crippen LogP contribution in [-0.2, 0) is 0 Å². The zero-order valence-electron chi connectivity index (χ0n) is 11.7. The van der Waals surface area contributed by atoms with Crippen LogP contribution in [0.5, 0.6) is 0 Å². The Bertz CT molecular complexity index is 413. The lowest BCUT2D eigenvalue weighted by molar-refractivity contribution is 0.0700. The maximum Gasteiger partial charge on any atom is 0.347 e. The van der Waals surface area contributed by atoms with Crippen LogP contribution < -0.4 is 4.90 Å². The molecule has 4 nitrogen and oxygen atoms in total. The molecule has 0 fully saturated rings. The Labute approximate surface area is 113 Å². The number of carboxylic acid groups (broad SMARTS) is 1. The third kappa shape index (κ3) is 3.22. The van der Waals surface area contributed by atoms with Gasteiger partial charge in [-0.15, -0.1) is 0 Å². The fraction of sp³-hybridized carbons (Fsp3) is 0.692.